The molecule has 6 nitrogen and oxygen atoms in total. The number of rotatable bonds is 10. The van der Waals surface area contributed by atoms with Gasteiger partial charge in [-0.2, -0.15) is 0 Å². The average molecular weight is 504 g/mol. The van der Waals surface area contributed by atoms with E-state index in [2.05, 4.69) is 54.5 Å². The number of benzene rings is 1. The third kappa shape index (κ3) is 8.53. The molecule has 1 atom stereocenters. The van der Waals surface area contributed by atoms with Crippen LogP contribution in [0, 0.1) is 12.8 Å². The Bertz CT molecular complexity index is 598. The van der Waals surface area contributed by atoms with Crippen molar-refractivity contribution in [1.82, 2.24) is 15.5 Å². The van der Waals surface area contributed by atoms with E-state index in [4.69, 9.17) is 14.5 Å². The second-order valence-electron chi connectivity index (χ2n) is 7.08. The van der Waals surface area contributed by atoms with Crippen LogP contribution in [-0.4, -0.2) is 63.9 Å². The Kier molecular flexibility index (Phi) is 12.5. The molecule has 1 aromatic carbocycles. The fourth-order valence-corrected chi connectivity index (χ4v) is 3.28. The minimum atomic E-state index is 0. The van der Waals surface area contributed by atoms with Crippen molar-refractivity contribution in [2.75, 3.05) is 53.0 Å². The van der Waals surface area contributed by atoms with Crippen molar-refractivity contribution < 1.29 is 9.47 Å². The van der Waals surface area contributed by atoms with E-state index in [-0.39, 0.29) is 24.0 Å². The van der Waals surface area contributed by atoms with Crippen LogP contribution in [0.4, 0.5) is 0 Å². The summed E-state index contributed by atoms with van der Waals surface area (Å²) in [5.74, 6) is 2.46. The molecule has 2 N–H and O–H groups in total. The van der Waals surface area contributed by atoms with Gasteiger partial charge in [0.05, 0.1) is 13.2 Å². The number of aliphatic imine (C=N–C) groups is 1. The molecule has 1 fully saturated rings. The molecule has 0 amide bonds. The molecule has 0 saturated carbocycles. The van der Waals surface area contributed by atoms with Gasteiger partial charge in [0.1, 0.15) is 12.4 Å². The Balaban J connectivity index is 0.00000392. The van der Waals surface area contributed by atoms with Crippen molar-refractivity contribution >= 4 is 29.9 Å². The highest BCUT2D eigenvalue weighted by molar-refractivity contribution is 14.0. The third-order valence-corrected chi connectivity index (χ3v) is 4.89. The van der Waals surface area contributed by atoms with Gasteiger partial charge in [0.25, 0.3) is 0 Å². The number of aryl methyl sites for hydroxylation is 1. The van der Waals surface area contributed by atoms with Crippen LogP contribution in [0.25, 0.3) is 0 Å². The molecule has 1 saturated heterocycles. The molecule has 0 aliphatic carbocycles. The number of likely N-dealkylation sites (tertiary alicyclic amines) is 1. The number of nitrogens with one attached hydrogen (secondary N) is 2. The van der Waals surface area contributed by atoms with Crippen molar-refractivity contribution in [2.45, 2.75) is 33.7 Å². The molecule has 1 heterocycles. The zero-order chi connectivity index (χ0) is 19.5. The average Bonchev–Trinajstić information content (AvgIpc) is 3.13. The summed E-state index contributed by atoms with van der Waals surface area (Å²) in [5, 5.41) is 6.86. The molecule has 1 aromatic rings. The van der Waals surface area contributed by atoms with Crippen LogP contribution < -0.4 is 15.4 Å². The number of guanidine groups is 1. The van der Waals surface area contributed by atoms with Gasteiger partial charge in [0, 0.05) is 32.3 Å². The van der Waals surface area contributed by atoms with Gasteiger partial charge in [-0.3, -0.25) is 0 Å². The maximum absolute atomic E-state index is 5.88. The molecule has 1 aliphatic heterocycles. The molecule has 28 heavy (non-hydrogen) atoms. The maximum atomic E-state index is 5.88. The molecule has 0 aromatic heterocycles. The highest BCUT2D eigenvalue weighted by Crippen LogP contribution is 2.21. The number of hydrogen-bond donors (Lipinski definition) is 2. The van der Waals surface area contributed by atoms with Gasteiger partial charge >= 0.3 is 0 Å². The highest BCUT2D eigenvalue weighted by atomic mass is 127. The number of methoxy groups -OCH3 is 1. The Morgan fingerprint density at radius 1 is 1.25 bits per heavy atom. The van der Waals surface area contributed by atoms with E-state index < -0.39 is 0 Å². The summed E-state index contributed by atoms with van der Waals surface area (Å²) < 4.78 is 11.0. The summed E-state index contributed by atoms with van der Waals surface area (Å²) in [5.41, 5.74) is 2.27. The molecule has 7 heteroatoms. The Hall–Kier alpha value is -1.06. The van der Waals surface area contributed by atoms with Gasteiger partial charge in [-0.05, 0) is 50.9 Å². The second-order valence-corrected chi connectivity index (χ2v) is 7.08. The fourth-order valence-electron chi connectivity index (χ4n) is 3.28. The van der Waals surface area contributed by atoms with Crippen molar-refractivity contribution in [1.29, 1.82) is 0 Å². The van der Waals surface area contributed by atoms with E-state index >= 15 is 0 Å². The van der Waals surface area contributed by atoms with Crippen molar-refractivity contribution in [3.63, 3.8) is 0 Å². The molecule has 0 radical (unpaired) electrons. The second kappa shape index (κ2) is 14.0. The summed E-state index contributed by atoms with van der Waals surface area (Å²) in [6.45, 7) is 13.5. The van der Waals surface area contributed by atoms with Crippen LogP contribution in [0.1, 0.15) is 31.4 Å². The van der Waals surface area contributed by atoms with Crippen LogP contribution in [0.15, 0.2) is 23.2 Å². The van der Waals surface area contributed by atoms with E-state index in [0.29, 0.717) is 25.7 Å². The largest absolute Gasteiger partial charge is 0.491 e. The van der Waals surface area contributed by atoms with Crippen molar-refractivity contribution in [3.8, 4) is 5.75 Å². The van der Waals surface area contributed by atoms with E-state index in [9.17, 15) is 0 Å². The lowest BCUT2D eigenvalue weighted by molar-refractivity contribution is 0.145. The number of hydrogen-bond acceptors (Lipinski definition) is 4. The number of nitrogens with zero attached hydrogens (tertiary/aromatic N) is 2. The first-order chi connectivity index (χ1) is 13.2. The Labute approximate surface area is 187 Å². The fraction of sp³-hybridized carbons (Fsp3) is 0.667. The molecular weight excluding hydrogens is 467 g/mol. The molecule has 160 valence electrons. The number of halogens is 1. The minimum absolute atomic E-state index is 0. The molecule has 1 unspecified atom stereocenters. The topological polar surface area (TPSA) is 58.1 Å². The summed E-state index contributed by atoms with van der Waals surface area (Å²) in [4.78, 5) is 7.28. The molecule has 0 spiro atoms. The lowest BCUT2D eigenvalue weighted by atomic mass is 10.1. The number of ether oxygens (including phenoxy) is 2. The van der Waals surface area contributed by atoms with Gasteiger partial charge in [-0.15, -0.1) is 24.0 Å². The van der Waals surface area contributed by atoms with Gasteiger partial charge in [0.2, 0.25) is 0 Å². The molecule has 2 rings (SSSR count). The quantitative estimate of drug-likeness (QED) is 0.222. The maximum Gasteiger partial charge on any atom is 0.191 e. The molecule has 0 bridgehead atoms. The van der Waals surface area contributed by atoms with E-state index in [1.807, 2.05) is 0 Å². The van der Waals surface area contributed by atoms with Crippen molar-refractivity contribution in [3.05, 3.63) is 29.3 Å². The standard InChI is InChI=1S/C21H36N4O2.HI/c1-5-22-21(23-14-18-9-10-25(6-2)16-18)24-15-19-8-7-17(3)13-20(19)27-12-11-26-4;/h7-8,13,18H,5-6,9-12,14-16H2,1-4H3,(H2,22,23,24);1H. The van der Waals surface area contributed by atoms with Crippen molar-refractivity contribution in [2.24, 2.45) is 10.9 Å². The summed E-state index contributed by atoms with van der Waals surface area (Å²) >= 11 is 0. The van der Waals surface area contributed by atoms with Crippen LogP contribution in [0.5, 0.6) is 5.75 Å². The lowest BCUT2D eigenvalue weighted by Crippen LogP contribution is -2.40. The van der Waals surface area contributed by atoms with Gasteiger partial charge in [0.15, 0.2) is 5.96 Å². The first kappa shape index (κ1) is 25.0. The zero-order valence-corrected chi connectivity index (χ0v) is 20.1. The first-order valence-corrected chi connectivity index (χ1v) is 10.1. The summed E-state index contributed by atoms with van der Waals surface area (Å²) in [6, 6.07) is 6.27. The van der Waals surface area contributed by atoms with Gasteiger partial charge in [-0.25, -0.2) is 4.99 Å². The third-order valence-electron chi connectivity index (χ3n) is 4.89. The molecular formula is C21H37IN4O2. The SMILES string of the molecule is CCNC(=NCc1ccc(C)cc1OCCOC)NCC1CCN(CC)C1.I. The smallest absolute Gasteiger partial charge is 0.191 e. The Morgan fingerprint density at radius 2 is 2.07 bits per heavy atom. The molecule has 1 aliphatic rings. The lowest BCUT2D eigenvalue weighted by Gasteiger charge is -2.16. The van der Waals surface area contributed by atoms with Gasteiger partial charge < -0.3 is 25.0 Å². The van der Waals surface area contributed by atoms with E-state index in [0.717, 1.165) is 36.9 Å². The summed E-state index contributed by atoms with van der Waals surface area (Å²) in [7, 11) is 1.68. The van der Waals surface area contributed by atoms with Crippen LogP contribution >= 0.6 is 24.0 Å². The highest BCUT2D eigenvalue weighted by Gasteiger charge is 2.21. The van der Waals surface area contributed by atoms with E-state index in [1.54, 1.807) is 7.11 Å². The van der Waals surface area contributed by atoms with Crippen LogP contribution in [-0.2, 0) is 11.3 Å². The first-order valence-electron chi connectivity index (χ1n) is 10.1. The van der Waals surface area contributed by atoms with E-state index in [1.165, 1.54) is 25.1 Å². The monoisotopic (exact) mass is 504 g/mol. The van der Waals surface area contributed by atoms with Gasteiger partial charge in [-0.1, -0.05) is 19.1 Å². The van der Waals surface area contributed by atoms with Crippen LogP contribution in [0.3, 0.4) is 0 Å². The Morgan fingerprint density at radius 3 is 2.75 bits per heavy atom. The predicted octanol–water partition coefficient (Wildman–Crippen LogP) is 3.04. The summed E-state index contributed by atoms with van der Waals surface area (Å²) in [6.07, 6.45) is 1.26. The normalized spacial score (nSPS) is 17.3. The zero-order valence-electron chi connectivity index (χ0n) is 17.8. The predicted molar refractivity (Wildman–Crippen MR) is 127 cm³/mol. The minimum Gasteiger partial charge on any atom is -0.491 e. The van der Waals surface area contributed by atoms with Crippen LogP contribution in [0.2, 0.25) is 0 Å².